The Morgan fingerprint density at radius 1 is 1.08 bits per heavy atom. The van der Waals surface area contributed by atoms with Gasteiger partial charge in [-0.2, -0.15) is 0 Å². The van der Waals surface area contributed by atoms with Gasteiger partial charge in [-0.3, -0.25) is 4.79 Å². The summed E-state index contributed by atoms with van der Waals surface area (Å²) >= 11 is 0. The molecule has 8 heteroatoms. The van der Waals surface area contributed by atoms with Gasteiger partial charge in [-0.1, -0.05) is 36.4 Å². The predicted molar refractivity (Wildman–Crippen MR) is 146 cm³/mol. The van der Waals surface area contributed by atoms with Crippen molar-refractivity contribution in [1.29, 1.82) is 0 Å². The van der Waals surface area contributed by atoms with Gasteiger partial charge in [0.2, 0.25) is 5.91 Å². The zero-order valence-corrected chi connectivity index (χ0v) is 22.5. The third-order valence-corrected chi connectivity index (χ3v) is 8.28. The van der Waals surface area contributed by atoms with Crippen molar-refractivity contribution in [3.8, 4) is 11.5 Å². The van der Waals surface area contributed by atoms with Crippen molar-refractivity contribution in [2.24, 2.45) is 11.8 Å². The Balaban J connectivity index is 1.60. The van der Waals surface area contributed by atoms with Crippen LogP contribution in [0, 0.1) is 18.8 Å². The van der Waals surface area contributed by atoms with Crippen molar-refractivity contribution in [3.05, 3.63) is 59.7 Å². The molecule has 2 aromatic rings. The van der Waals surface area contributed by atoms with Crippen LogP contribution in [0.2, 0.25) is 0 Å². The number of hydrogen-bond donors (Lipinski definition) is 4. The normalized spacial score (nSPS) is 23.0. The summed E-state index contributed by atoms with van der Waals surface area (Å²) in [5.41, 5.74) is 0.373. The van der Waals surface area contributed by atoms with Gasteiger partial charge in [0, 0.05) is 43.1 Å². The van der Waals surface area contributed by atoms with Crippen LogP contribution in [0.25, 0.3) is 0 Å². The predicted octanol–water partition coefficient (Wildman–Crippen LogP) is 4.65. The van der Waals surface area contributed by atoms with E-state index >= 15 is 0 Å². The molecule has 1 saturated heterocycles. The highest BCUT2D eigenvalue weighted by molar-refractivity contribution is 5.79. The van der Waals surface area contributed by atoms with Crippen molar-refractivity contribution in [1.82, 2.24) is 15.5 Å². The lowest BCUT2D eigenvalue weighted by atomic mass is 9.73. The topological polar surface area (TPSA) is 111 Å². The number of nitrogens with zero attached hydrogens (tertiary/aromatic N) is 1. The Kier molecular flexibility index (Phi) is 9.28. The minimum atomic E-state index is -1.29. The van der Waals surface area contributed by atoms with Crippen LogP contribution in [0.15, 0.2) is 48.5 Å². The average molecular weight is 524 g/mol. The molecule has 1 aliphatic carbocycles. The van der Waals surface area contributed by atoms with Crippen molar-refractivity contribution >= 4 is 12.0 Å². The summed E-state index contributed by atoms with van der Waals surface area (Å²) in [4.78, 5) is 26.4. The molecule has 2 aliphatic rings. The van der Waals surface area contributed by atoms with E-state index in [-0.39, 0.29) is 24.3 Å². The molecule has 206 valence electrons. The number of para-hydroxylation sites is 2. The number of aliphatic hydroxyl groups is 1. The molecule has 1 aliphatic heterocycles. The van der Waals surface area contributed by atoms with E-state index in [0.717, 1.165) is 43.4 Å². The number of piperidine rings is 1. The van der Waals surface area contributed by atoms with E-state index in [1.54, 1.807) is 0 Å². The van der Waals surface area contributed by atoms with Gasteiger partial charge in [0.25, 0.3) is 0 Å². The largest absolute Gasteiger partial charge is 0.465 e. The smallest absolute Gasteiger partial charge is 0.404 e. The minimum absolute atomic E-state index is 0.0238. The van der Waals surface area contributed by atoms with Crippen LogP contribution < -0.4 is 15.4 Å². The Hall–Kier alpha value is -3.10. The molecule has 4 N–H and O–H groups in total. The maximum absolute atomic E-state index is 13.5. The number of ether oxygens (including phenoxy) is 1. The second-order valence-electron chi connectivity index (χ2n) is 10.7. The lowest BCUT2D eigenvalue weighted by Gasteiger charge is -2.44. The highest BCUT2D eigenvalue weighted by Gasteiger charge is 2.44. The standard InChI is InChI=1S/C30H41N3O5/c1-21-9-3-5-12-26(21)38-27-13-6-4-11-25(27)30(37,16-8-17-32-29(35)36)23-10-7-18-33(20-23)28(34)22-14-15-24(19-22)31-2/h3-6,9,11-13,22-24,31-32,37H,7-8,10,14-20H2,1-2H3,(H,35,36)/t22-,23-,24+,30+/m1/s1. The third kappa shape index (κ3) is 6.48. The molecule has 0 bridgehead atoms. The van der Waals surface area contributed by atoms with Gasteiger partial charge in [0.1, 0.15) is 11.5 Å². The Morgan fingerprint density at radius 2 is 1.82 bits per heavy atom. The molecular formula is C30H41N3O5. The molecule has 8 nitrogen and oxygen atoms in total. The van der Waals surface area contributed by atoms with E-state index in [2.05, 4.69) is 10.6 Å². The summed E-state index contributed by atoms with van der Waals surface area (Å²) in [5.74, 6) is 1.30. The number of rotatable bonds is 10. The maximum atomic E-state index is 13.5. The summed E-state index contributed by atoms with van der Waals surface area (Å²) < 4.78 is 6.34. The molecule has 2 amide bonds. The van der Waals surface area contributed by atoms with Crippen molar-refractivity contribution < 1.29 is 24.5 Å². The van der Waals surface area contributed by atoms with Crippen LogP contribution in [0.1, 0.15) is 56.1 Å². The first-order chi connectivity index (χ1) is 18.3. The fourth-order valence-electron chi connectivity index (χ4n) is 6.11. The molecule has 4 rings (SSSR count). The average Bonchev–Trinajstić information content (AvgIpc) is 3.42. The Morgan fingerprint density at radius 3 is 2.53 bits per heavy atom. The minimum Gasteiger partial charge on any atom is -0.465 e. The molecule has 0 unspecified atom stereocenters. The van der Waals surface area contributed by atoms with E-state index in [4.69, 9.17) is 9.84 Å². The molecule has 2 aromatic carbocycles. The van der Waals surface area contributed by atoms with E-state index < -0.39 is 11.7 Å². The summed E-state index contributed by atoms with van der Waals surface area (Å²) in [5, 5.41) is 27.2. The fraction of sp³-hybridized carbons (Fsp3) is 0.533. The SMILES string of the molecule is CN[C@H]1CC[C@@H](C(=O)N2CCC[C@@H]([C@@](O)(CCCNC(=O)O)c3ccccc3Oc3ccccc3C)C2)C1. The number of amides is 2. The quantitative estimate of drug-likeness (QED) is 0.338. The van der Waals surface area contributed by atoms with Crippen LogP contribution in [0.3, 0.4) is 0 Å². The zero-order valence-electron chi connectivity index (χ0n) is 22.5. The van der Waals surface area contributed by atoms with Gasteiger partial charge >= 0.3 is 6.09 Å². The van der Waals surface area contributed by atoms with E-state index in [9.17, 15) is 14.7 Å². The summed E-state index contributed by atoms with van der Waals surface area (Å²) in [6, 6.07) is 15.7. The fourth-order valence-corrected chi connectivity index (χ4v) is 6.11. The number of carbonyl (C=O) groups is 2. The molecule has 38 heavy (non-hydrogen) atoms. The molecule has 1 saturated carbocycles. The van der Waals surface area contributed by atoms with Gasteiger partial charge in [0.05, 0.1) is 5.60 Å². The molecule has 4 atom stereocenters. The first kappa shape index (κ1) is 27.9. The molecule has 0 radical (unpaired) electrons. The second-order valence-corrected chi connectivity index (χ2v) is 10.7. The Labute approximate surface area is 225 Å². The number of carbonyl (C=O) groups excluding carboxylic acids is 1. The molecular weight excluding hydrogens is 482 g/mol. The highest BCUT2D eigenvalue weighted by Crippen LogP contribution is 2.44. The van der Waals surface area contributed by atoms with Crippen LogP contribution >= 0.6 is 0 Å². The number of likely N-dealkylation sites (tertiary alicyclic amines) is 1. The summed E-state index contributed by atoms with van der Waals surface area (Å²) in [7, 11) is 1.95. The lowest BCUT2D eigenvalue weighted by molar-refractivity contribution is -0.141. The third-order valence-electron chi connectivity index (χ3n) is 8.28. The van der Waals surface area contributed by atoms with E-state index in [1.807, 2.05) is 67.4 Å². The number of benzene rings is 2. The number of aryl methyl sites for hydroxylation is 1. The van der Waals surface area contributed by atoms with Crippen molar-refractivity contribution in [2.75, 3.05) is 26.7 Å². The second kappa shape index (κ2) is 12.6. The first-order valence-corrected chi connectivity index (χ1v) is 13.8. The van der Waals surface area contributed by atoms with Crippen LogP contribution in [0.4, 0.5) is 4.79 Å². The zero-order chi connectivity index (χ0) is 27.1. The molecule has 0 aromatic heterocycles. The molecule has 1 heterocycles. The van der Waals surface area contributed by atoms with Gasteiger partial charge in [-0.05, 0) is 76.6 Å². The van der Waals surface area contributed by atoms with Gasteiger partial charge in [-0.15, -0.1) is 0 Å². The first-order valence-electron chi connectivity index (χ1n) is 13.8. The van der Waals surface area contributed by atoms with Gasteiger partial charge < -0.3 is 30.5 Å². The summed E-state index contributed by atoms with van der Waals surface area (Å²) in [6.45, 7) is 3.39. The highest BCUT2D eigenvalue weighted by atomic mass is 16.5. The summed E-state index contributed by atoms with van der Waals surface area (Å²) in [6.07, 6.45) is 4.07. The number of nitrogens with one attached hydrogen (secondary N) is 2. The van der Waals surface area contributed by atoms with Crippen LogP contribution in [0.5, 0.6) is 11.5 Å². The van der Waals surface area contributed by atoms with Gasteiger partial charge in [0.15, 0.2) is 0 Å². The van der Waals surface area contributed by atoms with Crippen molar-refractivity contribution in [2.45, 2.75) is 63.5 Å². The van der Waals surface area contributed by atoms with Crippen molar-refractivity contribution in [3.63, 3.8) is 0 Å². The maximum Gasteiger partial charge on any atom is 0.404 e. The molecule has 0 spiro atoms. The van der Waals surface area contributed by atoms with Gasteiger partial charge in [-0.25, -0.2) is 4.79 Å². The lowest BCUT2D eigenvalue weighted by Crippen LogP contribution is -2.49. The molecule has 2 fully saturated rings. The van der Waals surface area contributed by atoms with Crippen LogP contribution in [-0.2, 0) is 10.4 Å². The monoisotopic (exact) mass is 523 g/mol. The van der Waals surface area contributed by atoms with E-state index in [0.29, 0.717) is 43.3 Å². The number of carboxylic acid groups (broad SMARTS) is 1. The van der Waals surface area contributed by atoms with Crippen LogP contribution in [-0.4, -0.2) is 59.8 Å². The number of hydrogen-bond acceptors (Lipinski definition) is 5. The van der Waals surface area contributed by atoms with E-state index in [1.165, 1.54) is 0 Å². The Bertz CT molecular complexity index is 1110.